The number of benzene rings is 1. The molecule has 0 unspecified atom stereocenters. The lowest BCUT2D eigenvalue weighted by molar-refractivity contribution is 0.122. The van der Waals surface area contributed by atoms with E-state index in [0.717, 1.165) is 79.0 Å². The average molecular weight is 470 g/mol. The fraction of sp³-hybridized carbons (Fsp3) is 0.346. The molecule has 7 rings (SSSR count). The van der Waals surface area contributed by atoms with Crippen molar-refractivity contribution in [1.29, 1.82) is 0 Å². The summed E-state index contributed by atoms with van der Waals surface area (Å²) in [6, 6.07) is 10.5. The van der Waals surface area contributed by atoms with Crippen LogP contribution < -0.4 is 10.2 Å². The Balaban J connectivity index is 1.41. The van der Waals surface area contributed by atoms with Crippen molar-refractivity contribution >= 4 is 38.9 Å². The van der Waals surface area contributed by atoms with E-state index in [1.807, 2.05) is 18.5 Å². The summed E-state index contributed by atoms with van der Waals surface area (Å²) < 4.78 is 11.9. The minimum atomic E-state index is 0.602. The number of fused-ring (bicyclic) bond motifs is 4. The molecule has 178 valence electrons. The molecule has 0 aliphatic carbocycles. The average Bonchev–Trinajstić information content (AvgIpc) is 3.54. The van der Waals surface area contributed by atoms with Crippen molar-refractivity contribution in [3.63, 3.8) is 0 Å². The van der Waals surface area contributed by atoms with Crippen LogP contribution in [0.3, 0.4) is 0 Å². The van der Waals surface area contributed by atoms with Gasteiger partial charge in [-0.05, 0) is 23.8 Å². The topological polar surface area (TPSA) is 95.3 Å². The maximum atomic E-state index is 6.30. The van der Waals surface area contributed by atoms with Gasteiger partial charge in [0.15, 0.2) is 17.2 Å². The molecule has 1 aromatic carbocycles. The van der Waals surface area contributed by atoms with Gasteiger partial charge >= 0.3 is 0 Å². The number of aromatic nitrogens is 4. The van der Waals surface area contributed by atoms with E-state index in [9.17, 15) is 0 Å². The number of ether oxygens (including phenoxy) is 1. The molecule has 2 aliphatic heterocycles. The van der Waals surface area contributed by atoms with Gasteiger partial charge in [0.05, 0.1) is 18.6 Å². The molecular formula is C26H27N7O2. The molecule has 0 spiro atoms. The van der Waals surface area contributed by atoms with Crippen LogP contribution >= 0.6 is 0 Å². The highest BCUT2D eigenvalue weighted by Gasteiger charge is 2.24. The molecule has 6 heterocycles. The molecule has 4 aromatic heterocycles. The van der Waals surface area contributed by atoms with Gasteiger partial charge in [0.25, 0.3) is 0 Å². The van der Waals surface area contributed by atoms with Gasteiger partial charge in [-0.15, -0.1) is 0 Å². The lowest BCUT2D eigenvalue weighted by Gasteiger charge is -2.27. The summed E-state index contributed by atoms with van der Waals surface area (Å²) in [4.78, 5) is 22.8. The van der Waals surface area contributed by atoms with Gasteiger partial charge in [0, 0.05) is 74.7 Å². The summed E-state index contributed by atoms with van der Waals surface area (Å²) in [7, 11) is 0. The molecule has 2 saturated heterocycles. The van der Waals surface area contributed by atoms with Crippen molar-refractivity contribution in [2.75, 3.05) is 57.4 Å². The third kappa shape index (κ3) is 3.72. The Morgan fingerprint density at radius 2 is 1.86 bits per heavy atom. The van der Waals surface area contributed by atoms with E-state index in [4.69, 9.17) is 19.1 Å². The normalized spacial score (nSPS) is 17.7. The second-order valence-corrected chi connectivity index (χ2v) is 9.22. The Labute approximate surface area is 202 Å². The lowest BCUT2D eigenvalue weighted by atomic mass is 10.1. The number of rotatable bonds is 4. The Morgan fingerprint density at radius 3 is 2.74 bits per heavy atom. The van der Waals surface area contributed by atoms with Gasteiger partial charge in [-0.2, -0.15) is 0 Å². The first kappa shape index (κ1) is 20.8. The number of furan rings is 1. The SMILES string of the molecule is c1cc(-c2nc(N3CCOCC3)c3oc4ncc(CN5CCNCC5)cc4c3n2)c2cc[nH]c2c1. The summed E-state index contributed by atoms with van der Waals surface area (Å²) in [5.74, 6) is 1.50. The van der Waals surface area contributed by atoms with Crippen LogP contribution in [0.2, 0.25) is 0 Å². The molecule has 5 aromatic rings. The van der Waals surface area contributed by atoms with Crippen LogP contribution in [0.1, 0.15) is 5.56 Å². The molecule has 35 heavy (non-hydrogen) atoms. The number of nitrogens with zero attached hydrogens (tertiary/aromatic N) is 5. The maximum absolute atomic E-state index is 6.30. The van der Waals surface area contributed by atoms with Gasteiger partial charge in [-0.3, -0.25) is 4.90 Å². The zero-order chi connectivity index (χ0) is 23.2. The molecule has 0 atom stereocenters. The molecular weight excluding hydrogens is 442 g/mol. The Kier molecular flexibility index (Phi) is 5.11. The third-order valence-electron chi connectivity index (χ3n) is 6.97. The smallest absolute Gasteiger partial charge is 0.229 e. The summed E-state index contributed by atoms with van der Waals surface area (Å²) in [6.07, 6.45) is 3.88. The molecule has 9 nitrogen and oxygen atoms in total. The first-order valence-electron chi connectivity index (χ1n) is 12.2. The first-order valence-corrected chi connectivity index (χ1v) is 12.2. The molecule has 0 bridgehead atoms. The highest BCUT2D eigenvalue weighted by Crippen LogP contribution is 2.36. The van der Waals surface area contributed by atoms with Crippen molar-refractivity contribution in [3.05, 3.63) is 48.3 Å². The molecule has 9 heteroatoms. The van der Waals surface area contributed by atoms with Crippen LogP contribution in [0.5, 0.6) is 0 Å². The Bertz CT molecular complexity index is 1510. The number of hydrogen-bond donors (Lipinski definition) is 2. The van der Waals surface area contributed by atoms with Crippen molar-refractivity contribution in [3.8, 4) is 11.4 Å². The fourth-order valence-corrected chi connectivity index (χ4v) is 5.16. The molecule has 0 radical (unpaired) electrons. The highest BCUT2D eigenvalue weighted by atomic mass is 16.5. The minimum absolute atomic E-state index is 0.602. The summed E-state index contributed by atoms with van der Waals surface area (Å²) in [6.45, 7) is 7.86. The summed E-state index contributed by atoms with van der Waals surface area (Å²) in [5, 5.41) is 5.45. The summed E-state index contributed by atoms with van der Waals surface area (Å²) in [5.41, 5.74) is 5.34. The monoisotopic (exact) mass is 469 g/mol. The molecule has 0 saturated carbocycles. The van der Waals surface area contributed by atoms with Gasteiger partial charge in [0.1, 0.15) is 5.52 Å². The number of aromatic amines is 1. The lowest BCUT2D eigenvalue weighted by Crippen LogP contribution is -2.42. The van der Waals surface area contributed by atoms with Crippen molar-refractivity contribution in [2.45, 2.75) is 6.54 Å². The number of H-pyrrole nitrogens is 1. The van der Waals surface area contributed by atoms with Crippen LogP contribution in [-0.4, -0.2) is 77.3 Å². The second kappa shape index (κ2) is 8.60. The van der Waals surface area contributed by atoms with Crippen molar-refractivity contribution < 1.29 is 9.15 Å². The van der Waals surface area contributed by atoms with Gasteiger partial charge in [-0.1, -0.05) is 12.1 Å². The van der Waals surface area contributed by atoms with Crippen molar-refractivity contribution in [1.82, 2.24) is 30.2 Å². The van der Waals surface area contributed by atoms with E-state index in [1.54, 1.807) is 0 Å². The van der Waals surface area contributed by atoms with E-state index >= 15 is 0 Å². The zero-order valence-electron chi connectivity index (χ0n) is 19.5. The van der Waals surface area contributed by atoms with Gasteiger partial charge in [-0.25, -0.2) is 15.0 Å². The van der Waals surface area contributed by atoms with Crippen LogP contribution in [0.25, 0.3) is 44.5 Å². The third-order valence-corrected chi connectivity index (χ3v) is 6.97. The quantitative estimate of drug-likeness (QED) is 0.415. The second-order valence-electron chi connectivity index (χ2n) is 9.22. The van der Waals surface area contributed by atoms with E-state index in [-0.39, 0.29) is 0 Å². The zero-order valence-corrected chi connectivity index (χ0v) is 19.5. The summed E-state index contributed by atoms with van der Waals surface area (Å²) >= 11 is 0. The molecule has 2 aliphatic rings. The minimum Gasteiger partial charge on any atom is -0.432 e. The van der Waals surface area contributed by atoms with E-state index in [0.29, 0.717) is 30.3 Å². The largest absolute Gasteiger partial charge is 0.432 e. The first-order chi connectivity index (χ1) is 17.3. The number of nitrogens with one attached hydrogen (secondary N) is 2. The van der Waals surface area contributed by atoms with E-state index in [1.165, 1.54) is 5.56 Å². The molecule has 2 N–H and O–H groups in total. The number of hydrogen-bond acceptors (Lipinski definition) is 8. The van der Waals surface area contributed by atoms with E-state index in [2.05, 4.69) is 49.4 Å². The van der Waals surface area contributed by atoms with E-state index < -0.39 is 0 Å². The predicted molar refractivity (Wildman–Crippen MR) is 136 cm³/mol. The van der Waals surface area contributed by atoms with Crippen LogP contribution in [-0.2, 0) is 11.3 Å². The Hall–Kier alpha value is -3.53. The predicted octanol–water partition coefficient (Wildman–Crippen LogP) is 3.16. The number of piperazine rings is 1. The van der Waals surface area contributed by atoms with Gasteiger partial charge in [0.2, 0.25) is 5.71 Å². The Morgan fingerprint density at radius 1 is 0.971 bits per heavy atom. The van der Waals surface area contributed by atoms with Crippen LogP contribution in [0.15, 0.2) is 47.1 Å². The van der Waals surface area contributed by atoms with Gasteiger partial charge < -0.3 is 24.4 Å². The van der Waals surface area contributed by atoms with Crippen molar-refractivity contribution in [2.24, 2.45) is 0 Å². The highest BCUT2D eigenvalue weighted by molar-refractivity contribution is 6.06. The standard InChI is InChI=1S/C26H27N7O2/c1-2-19(18-4-5-28-21(18)3-1)24-30-22-20-14-17(16-32-8-6-27-7-9-32)15-29-26(20)35-23(22)25(31-24)33-10-12-34-13-11-33/h1-5,14-15,27-28H,6-13,16H2. The number of pyridine rings is 1. The van der Waals surface area contributed by atoms with Crippen LogP contribution in [0, 0.1) is 0 Å². The fourth-order valence-electron chi connectivity index (χ4n) is 5.16. The maximum Gasteiger partial charge on any atom is 0.229 e. The molecule has 2 fully saturated rings. The number of morpholine rings is 1. The molecule has 0 amide bonds. The van der Waals surface area contributed by atoms with Crippen LogP contribution in [0.4, 0.5) is 5.82 Å². The number of anilines is 1.